The maximum atomic E-state index is 11.3. The molecule has 0 bridgehead atoms. The van der Waals surface area contributed by atoms with Gasteiger partial charge < -0.3 is 10.1 Å². The number of hydrogen-bond donors (Lipinski definition) is 1. The van der Waals surface area contributed by atoms with E-state index >= 15 is 0 Å². The number of anilines is 1. The summed E-state index contributed by atoms with van der Waals surface area (Å²) in [6.07, 6.45) is 0. The van der Waals surface area contributed by atoms with Crippen molar-refractivity contribution in [1.82, 2.24) is 0 Å². The van der Waals surface area contributed by atoms with Crippen molar-refractivity contribution >= 4 is 17.3 Å². The minimum atomic E-state index is -0.422. The van der Waals surface area contributed by atoms with E-state index < -0.39 is 4.92 Å². The SMILES string of the molecule is COC(=O)c1ccc(NCc2cccc([N+](=O)[O-])c2)cc1. The number of nitro groups is 1. The zero-order valence-corrected chi connectivity index (χ0v) is 11.4. The number of nitrogens with zero attached hydrogens (tertiary/aromatic N) is 1. The fourth-order valence-electron chi connectivity index (χ4n) is 1.83. The molecule has 0 unspecified atom stereocenters. The summed E-state index contributed by atoms with van der Waals surface area (Å²) in [6, 6.07) is 13.2. The average molecular weight is 286 g/mol. The number of benzene rings is 2. The number of esters is 1. The Labute approximate surface area is 121 Å². The molecule has 0 aliphatic rings. The summed E-state index contributed by atoms with van der Waals surface area (Å²) in [7, 11) is 1.33. The molecule has 6 heteroatoms. The van der Waals surface area contributed by atoms with Crippen LogP contribution in [0.2, 0.25) is 0 Å². The van der Waals surface area contributed by atoms with Crippen LogP contribution in [-0.4, -0.2) is 18.0 Å². The normalized spacial score (nSPS) is 9.95. The number of carbonyl (C=O) groups is 1. The minimum Gasteiger partial charge on any atom is -0.465 e. The lowest BCUT2D eigenvalue weighted by molar-refractivity contribution is -0.384. The number of rotatable bonds is 5. The van der Waals surface area contributed by atoms with Crippen molar-refractivity contribution in [3.63, 3.8) is 0 Å². The largest absolute Gasteiger partial charge is 0.465 e. The van der Waals surface area contributed by atoms with E-state index in [1.54, 1.807) is 30.3 Å². The van der Waals surface area contributed by atoms with Gasteiger partial charge in [0.15, 0.2) is 0 Å². The molecule has 0 heterocycles. The molecule has 0 amide bonds. The molecule has 6 nitrogen and oxygen atoms in total. The van der Waals surface area contributed by atoms with E-state index in [4.69, 9.17) is 0 Å². The molecular formula is C15H14N2O4. The molecule has 21 heavy (non-hydrogen) atoms. The number of methoxy groups -OCH3 is 1. The minimum absolute atomic E-state index is 0.0651. The molecule has 0 aliphatic heterocycles. The van der Waals surface area contributed by atoms with Crippen molar-refractivity contribution in [2.45, 2.75) is 6.54 Å². The van der Waals surface area contributed by atoms with Crippen LogP contribution in [0.3, 0.4) is 0 Å². The number of hydrogen-bond acceptors (Lipinski definition) is 5. The molecular weight excluding hydrogens is 272 g/mol. The molecule has 2 aromatic rings. The highest BCUT2D eigenvalue weighted by atomic mass is 16.6. The maximum Gasteiger partial charge on any atom is 0.337 e. The summed E-state index contributed by atoms with van der Waals surface area (Å²) in [5.74, 6) is -0.389. The summed E-state index contributed by atoms with van der Waals surface area (Å²) in [5.41, 5.74) is 2.16. The quantitative estimate of drug-likeness (QED) is 0.519. The van der Waals surface area contributed by atoms with Gasteiger partial charge in [0.1, 0.15) is 0 Å². The second-order valence-electron chi connectivity index (χ2n) is 4.35. The Balaban J connectivity index is 2.01. The van der Waals surface area contributed by atoms with Gasteiger partial charge >= 0.3 is 5.97 Å². The number of ether oxygens (including phenoxy) is 1. The number of nitrogens with one attached hydrogen (secondary N) is 1. The first kappa shape index (κ1) is 14.5. The van der Waals surface area contributed by atoms with Crippen LogP contribution in [-0.2, 0) is 11.3 Å². The molecule has 1 N–H and O–H groups in total. The molecule has 0 aromatic heterocycles. The fourth-order valence-corrected chi connectivity index (χ4v) is 1.83. The molecule has 2 aromatic carbocycles. The fraction of sp³-hybridized carbons (Fsp3) is 0.133. The molecule has 108 valence electrons. The molecule has 0 spiro atoms. The van der Waals surface area contributed by atoms with Gasteiger partial charge in [-0.3, -0.25) is 10.1 Å². The maximum absolute atomic E-state index is 11.3. The van der Waals surface area contributed by atoms with Crippen LogP contribution in [0.25, 0.3) is 0 Å². The highest BCUT2D eigenvalue weighted by Gasteiger charge is 2.06. The van der Waals surface area contributed by atoms with E-state index in [-0.39, 0.29) is 11.7 Å². The van der Waals surface area contributed by atoms with Gasteiger partial charge in [-0.1, -0.05) is 12.1 Å². The van der Waals surface area contributed by atoms with Crippen LogP contribution in [0.1, 0.15) is 15.9 Å². The van der Waals surface area contributed by atoms with Gasteiger partial charge in [-0.15, -0.1) is 0 Å². The van der Waals surface area contributed by atoms with Crippen molar-refractivity contribution in [1.29, 1.82) is 0 Å². The average Bonchev–Trinajstić information content (AvgIpc) is 2.53. The van der Waals surface area contributed by atoms with E-state index in [1.807, 2.05) is 6.07 Å². The molecule has 0 atom stereocenters. The Hall–Kier alpha value is -2.89. The number of carbonyl (C=O) groups excluding carboxylic acids is 1. The van der Waals surface area contributed by atoms with Crippen molar-refractivity contribution in [3.8, 4) is 0 Å². The van der Waals surface area contributed by atoms with Gasteiger partial charge in [0.25, 0.3) is 5.69 Å². The predicted octanol–water partition coefficient (Wildman–Crippen LogP) is 2.99. The van der Waals surface area contributed by atoms with Crippen LogP contribution in [0, 0.1) is 10.1 Å². The van der Waals surface area contributed by atoms with Gasteiger partial charge in [-0.05, 0) is 29.8 Å². The van der Waals surface area contributed by atoms with Gasteiger partial charge in [0.2, 0.25) is 0 Å². The topological polar surface area (TPSA) is 81.5 Å². The van der Waals surface area contributed by atoms with E-state index in [1.165, 1.54) is 19.2 Å². The van der Waals surface area contributed by atoms with Crippen LogP contribution in [0.15, 0.2) is 48.5 Å². The smallest absolute Gasteiger partial charge is 0.337 e. The van der Waals surface area contributed by atoms with Gasteiger partial charge in [0, 0.05) is 24.4 Å². The van der Waals surface area contributed by atoms with E-state index in [9.17, 15) is 14.9 Å². The lowest BCUT2D eigenvalue weighted by Gasteiger charge is -2.07. The molecule has 2 rings (SSSR count). The standard InChI is InChI=1S/C15H14N2O4/c1-21-15(18)12-5-7-13(8-6-12)16-10-11-3-2-4-14(9-11)17(19)20/h2-9,16H,10H2,1H3. The van der Waals surface area contributed by atoms with E-state index in [2.05, 4.69) is 10.1 Å². The highest BCUT2D eigenvalue weighted by molar-refractivity contribution is 5.89. The van der Waals surface area contributed by atoms with Crippen LogP contribution in [0.5, 0.6) is 0 Å². The molecule has 0 radical (unpaired) electrons. The zero-order valence-electron chi connectivity index (χ0n) is 11.4. The lowest BCUT2D eigenvalue weighted by Crippen LogP contribution is -2.03. The Kier molecular flexibility index (Phi) is 4.50. The third-order valence-electron chi connectivity index (χ3n) is 2.92. The lowest BCUT2D eigenvalue weighted by atomic mass is 10.2. The summed E-state index contributed by atoms with van der Waals surface area (Å²) in [6.45, 7) is 0.458. The van der Waals surface area contributed by atoms with Crippen LogP contribution < -0.4 is 5.32 Å². The van der Waals surface area contributed by atoms with Crippen LogP contribution in [0.4, 0.5) is 11.4 Å². The number of non-ortho nitro benzene ring substituents is 1. The Morgan fingerprint density at radius 2 is 1.95 bits per heavy atom. The predicted molar refractivity (Wildman–Crippen MR) is 78.2 cm³/mol. The van der Waals surface area contributed by atoms with Gasteiger partial charge in [-0.25, -0.2) is 4.79 Å². The third-order valence-corrected chi connectivity index (χ3v) is 2.92. The summed E-state index contributed by atoms with van der Waals surface area (Å²) < 4.78 is 4.62. The third kappa shape index (κ3) is 3.79. The molecule has 0 saturated heterocycles. The highest BCUT2D eigenvalue weighted by Crippen LogP contribution is 2.15. The Bertz CT molecular complexity index is 653. The van der Waals surface area contributed by atoms with Crippen molar-refractivity contribution in [2.75, 3.05) is 12.4 Å². The summed E-state index contributed by atoms with van der Waals surface area (Å²) in [5, 5.41) is 13.8. The van der Waals surface area contributed by atoms with Crippen molar-refractivity contribution in [2.24, 2.45) is 0 Å². The van der Waals surface area contributed by atoms with E-state index in [0.717, 1.165) is 11.3 Å². The molecule has 0 saturated carbocycles. The second-order valence-corrected chi connectivity index (χ2v) is 4.35. The molecule has 0 aliphatic carbocycles. The number of nitro benzene ring substituents is 1. The van der Waals surface area contributed by atoms with Crippen molar-refractivity contribution < 1.29 is 14.5 Å². The van der Waals surface area contributed by atoms with E-state index in [0.29, 0.717) is 12.1 Å². The van der Waals surface area contributed by atoms with Crippen LogP contribution >= 0.6 is 0 Å². The Morgan fingerprint density at radius 3 is 2.57 bits per heavy atom. The summed E-state index contributed by atoms with van der Waals surface area (Å²) >= 11 is 0. The zero-order chi connectivity index (χ0) is 15.2. The second kappa shape index (κ2) is 6.51. The first-order chi connectivity index (χ1) is 10.1. The monoisotopic (exact) mass is 286 g/mol. The first-order valence-electron chi connectivity index (χ1n) is 6.26. The van der Waals surface area contributed by atoms with Gasteiger partial charge in [-0.2, -0.15) is 0 Å². The van der Waals surface area contributed by atoms with Gasteiger partial charge in [0.05, 0.1) is 17.6 Å². The van der Waals surface area contributed by atoms with Crippen molar-refractivity contribution in [3.05, 3.63) is 69.8 Å². The molecule has 0 fully saturated rings. The summed E-state index contributed by atoms with van der Waals surface area (Å²) in [4.78, 5) is 21.6. The first-order valence-corrected chi connectivity index (χ1v) is 6.26. The Morgan fingerprint density at radius 1 is 1.24 bits per heavy atom.